The smallest absolute Gasteiger partial charge is 0.351 e. The minimum absolute atomic E-state index is 0. The third-order valence-electron chi connectivity index (χ3n) is 6.73. The molecule has 0 heterocycles. The summed E-state index contributed by atoms with van der Waals surface area (Å²) < 4.78 is 26.7. The molecule has 2 aromatic carbocycles. The lowest BCUT2D eigenvalue weighted by molar-refractivity contribution is -0.903. The highest BCUT2D eigenvalue weighted by Crippen LogP contribution is 2.60. The number of benzene rings is 2. The van der Waals surface area contributed by atoms with Crippen LogP contribution in [0.3, 0.4) is 0 Å². The van der Waals surface area contributed by atoms with Crippen LogP contribution in [0, 0.1) is 0 Å². The predicted molar refractivity (Wildman–Crippen MR) is 159 cm³/mol. The fourth-order valence-corrected chi connectivity index (χ4v) is 6.78. The molecule has 0 aliphatic heterocycles. The van der Waals surface area contributed by atoms with Crippen LogP contribution < -0.4 is 22.3 Å². The molecule has 2 aromatic rings. The molecule has 0 saturated carbocycles. The van der Waals surface area contributed by atoms with E-state index >= 15 is 0 Å². The highest BCUT2D eigenvalue weighted by molar-refractivity contribution is 7.54. The maximum atomic E-state index is 14.2. The Morgan fingerprint density at radius 2 is 1.41 bits per heavy atom. The van der Waals surface area contributed by atoms with Gasteiger partial charge in [-0.25, -0.2) is 0 Å². The molecule has 0 spiro atoms. The fourth-order valence-electron chi connectivity index (χ4n) is 4.82. The number of quaternary nitrogens is 1. The lowest BCUT2D eigenvalue weighted by atomic mass is 9.78. The molecule has 2 N–H and O–H groups in total. The Balaban J connectivity index is 0.00000760. The van der Waals surface area contributed by atoms with Crippen LogP contribution in [-0.4, -0.2) is 50.0 Å². The van der Waals surface area contributed by atoms with Crippen LogP contribution in [0.15, 0.2) is 42.5 Å². The van der Waals surface area contributed by atoms with E-state index in [2.05, 4.69) is 85.2 Å². The van der Waals surface area contributed by atoms with Gasteiger partial charge in [0.25, 0.3) is 0 Å². The van der Waals surface area contributed by atoms with Gasteiger partial charge in [0.1, 0.15) is 18.1 Å². The molecule has 1 atom stereocenters. The van der Waals surface area contributed by atoms with E-state index in [0.29, 0.717) is 12.3 Å². The molecule has 8 heteroatoms. The second-order valence-corrected chi connectivity index (χ2v) is 15.0. The summed E-state index contributed by atoms with van der Waals surface area (Å²) in [6.07, 6.45) is 0.894. The van der Waals surface area contributed by atoms with Gasteiger partial charge in [-0.3, -0.25) is 9.88 Å². The number of aromatic hydroxyl groups is 1. The van der Waals surface area contributed by atoms with E-state index in [1.165, 1.54) is 5.56 Å². The van der Waals surface area contributed by atoms with Crippen LogP contribution in [-0.2, 0) is 31.0 Å². The number of rotatable bonds is 13. The molecule has 0 saturated heterocycles. The number of halogens is 1. The lowest BCUT2D eigenvalue weighted by Gasteiger charge is -2.33. The Morgan fingerprint density at radius 1 is 0.923 bits per heavy atom. The molecule has 0 aromatic heterocycles. The van der Waals surface area contributed by atoms with Gasteiger partial charge in [0, 0.05) is 18.5 Å². The predicted octanol–water partition coefficient (Wildman–Crippen LogP) is 4.51. The number of phenols is 1. The van der Waals surface area contributed by atoms with Gasteiger partial charge in [-0.05, 0) is 53.5 Å². The molecule has 0 amide bonds. The SMILES string of the molecule is CCOP(=O)(OCC)C(NCCC[N+](C)(C)Cc1ccccc1)c1cc(C(C)(C)C)c(O)c(C(C)(C)C)c1.[Br-]. The van der Waals surface area contributed by atoms with Crippen molar-refractivity contribution < 1.29 is 40.2 Å². The quantitative estimate of drug-likeness (QED) is 0.195. The first kappa shape index (κ1) is 35.8. The Bertz CT molecular complexity index is 1030. The summed E-state index contributed by atoms with van der Waals surface area (Å²) in [4.78, 5) is 0. The fraction of sp³-hybridized carbons (Fsp3) is 0.613. The zero-order chi connectivity index (χ0) is 28.8. The highest BCUT2D eigenvalue weighted by atomic mass is 79.9. The molecule has 1 unspecified atom stereocenters. The van der Waals surface area contributed by atoms with Gasteiger partial charge in [0.05, 0.1) is 33.9 Å². The summed E-state index contributed by atoms with van der Waals surface area (Å²) in [6.45, 7) is 19.3. The highest BCUT2D eigenvalue weighted by Gasteiger charge is 2.39. The number of hydrogen-bond acceptors (Lipinski definition) is 5. The Labute approximate surface area is 248 Å². The van der Waals surface area contributed by atoms with E-state index in [9.17, 15) is 9.67 Å². The first-order chi connectivity index (χ1) is 17.5. The Kier molecular flexibility index (Phi) is 13.4. The topological polar surface area (TPSA) is 67.8 Å². The molecule has 2 rings (SSSR count). The van der Waals surface area contributed by atoms with E-state index in [4.69, 9.17) is 9.05 Å². The number of nitrogens with zero attached hydrogens (tertiary/aromatic N) is 1. The van der Waals surface area contributed by atoms with Crippen LogP contribution in [0.1, 0.15) is 89.8 Å². The summed E-state index contributed by atoms with van der Waals surface area (Å²) in [5.41, 5.74) is 3.18. The van der Waals surface area contributed by atoms with Gasteiger partial charge >= 0.3 is 7.60 Å². The van der Waals surface area contributed by atoms with Crippen molar-refractivity contribution in [3.63, 3.8) is 0 Å². The van der Waals surface area contributed by atoms with Crippen LogP contribution in [0.5, 0.6) is 5.75 Å². The van der Waals surface area contributed by atoms with Crippen LogP contribution in [0.4, 0.5) is 0 Å². The summed E-state index contributed by atoms with van der Waals surface area (Å²) in [5, 5.41) is 14.8. The van der Waals surface area contributed by atoms with Crippen molar-refractivity contribution >= 4 is 7.60 Å². The summed E-state index contributed by atoms with van der Waals surface area (Å²) >= 11 is 0. The standard InChI is InChI=1S/C31H51N2O4P.BrH/c1-11-36-38(35,37-12-2)29(32-19-16-20-33(9,10)23-24-17-14-13-15-18-24)25-21-26(30(3,4)5)28(34)27(22-25)31(6,7)8;/h13-15,17-18,21-22,29,32H,11-12,16,19-20,23H2,1-10H3;1H. The molecule has 222 valence electrons. The van der Waals surface area contributed by atoms with Gasteiger partial charge < -0.3 is 35.6 Å². The maximum Gasteiger partial charge on any atom is 0.351 e. The normalized spacial score (nSPS) is 13.7. The summed E-state index contributed by atoms with van der Waals surface area (Å²) in [5.74, 6) is -0.343. The van der Waals surface area contributed by atoms with Crippen molar-refractivity contribution in [3.05, 3.63) is 64.7 Å². The van der Waals surface area contributed by atoms with E-state index in [1.54, 1.807) is 0 Å². The number of nitrogens with one attached hydrogen (secondary N) is 1. The van der Waals surface area contributed by atoms with Crippen molar-refractivity contribution in [3.8, 4) is 5.75 Å². The lowest BCUT2D eigenvalue weighted by Crippen LogP contribution is -3.00. The Hall–Kier alpha value is -1.21. The second kappa shape index (κ2) is 14.6. The molecule has 39 heavy (non-hydrogen) atoms. The molecule has 0 bridgehead atoms. The van der Waals surface area contributed by atoms with Crippen molar-refractivity contribution in [2.45, 2.75) is 85.0 Å². The minimum Gasteiger partial charge on any atom is -1.00 e. The Morgan fingerprint density at radius 3 is 1.85 bits per heavy atom. The average molecular weight is 628 g/mol. The number of hydrogen-bond donors (Lipinski definition) is 2. The second-order valence-electron chi connectivity index (χ2n) is 12.9. The van der Waals surface area contributed by atoms with Crippen molar-refractivity contribution in [2.75, 3.05) is 40.4 Å². The summed E-state index contributed by atoms with van der Waals surface area (Å²) in [7, 11) is 0.930. The molecular formula is C31H52BrN2O4P. The van der Waals surface area contributed by atoms with Gasteiger partial charge in [0.15, 0.2) is 0 Å². The van der Waals surface area contributed by atoms with Crippen LogP contribution in [0.2, 0.25) is 0 Å². The number of phenolic OH excluding ortho intramolecular Hbond substituents is 1. The minimum atomic E-state index is -3.54. The molecule has 0 aliphatic rings. The summed E-state index contributed by atoms with van der Waals surface area (Å²) in [6, 6.07) is 14.5. The average Bonchev–Trinajstić information content (AvgIpc) is 2.78. The van der Waals surface area contributed by atoms with E-state index < -0.39 is 13.4 Å². The first-order valence-electron chi connectivity index (χ1n) is 13.9. The van der Waals surface area contributed by atoms with E-state index in [1.807, 2.05) is 32.0 Å². The third-order valence-corrected chi connectivity index (χ3v) is 9.08. The van der Waals surface area contributed by atoms with Gasteiger partial charge in [-0.15, -0.1) is 0 Å². The van der Waals surface area contributed by atoms with Crippen molar-refractivity contribution in [2.24, 2.45) is 0 Å². The molecule has 0 radical (unpaired) electrons. The molecule has 0 fully saturated rings. The maximum absolute atomic E-state index is 14.2. The van der Waals surface area contributed by atoms with E-state index in [-0.39, 0.29) is 41.0 Å². The van der Waals surface area contributed by atoms with Gasteiger partial charge in [-0.1, -0.05) is 71.9 Å². The van der Waals surface area contributed by atoms with Crippen LogP contribution in [0.25, 0.3) is 0 Å². The third kappa shape index (κ3) is 10.3. The van der Waals surface area contributed by atoms with Gasteiger partial charge in [0.2, 0.25) is 0 Å². The zero-order valence-corrected chi connectivity index (χ0v) is 28.3. The molecule has 0 aliphatic carbocycles. The monoisotopic (exact) mass is 626 g/mol. The molecule has 6 nitrogen and oxygen atoms in total. The van der Waals surface area contributed by atoms with E-state index in [0.717, 1.165) is 40.7 Å². The van der Waals surface area contributed by atoms with Gasteiger partial charge in [-0.2, -0.15) is 0 Å². The van der Waals surface area contributed by atoms with Crippen molar-refractivity contribution in [1.29, 1.82) is 0 Å². The zero-order valence-electron chi connectivity index (χ0n) is 25.8. The van der Waals surface area contributed by atoms with Crippen LogP contribution >= 0.6 is 7.60 Å². The molecular weight excluding hydrogens is 575 g/mol. The van der Waals surface area contributed by atoms with Crippen molar-refractivity contribution in [1.82, 2.24) is 5.32 Å². The first-order valence-corrected chi connectivity index (χ1v) is 15.5. The largest absolute Gasteiger partial charge is 1.00 e.